The van der Waals surface area contributed by atoms with Crippen molar-refractivity contribution < 1.29 is 0 Å². The van der Waals surface area contributed by atoms with E-state index in [-0.39, 0.29) is 0 Å². The Kier molecular flexibility index (Phi) is 7.95. The maximum Gasteiger partial charge on any atom is 0.117 e. The number of unbranched alkanes of at least 4 members (excludes halogenated alkanes) is 3. The minimum absolute atomic E-state index is 0.524. The Hall–Kier alpha value is -3.06. The van der Waals surface area contributed by atoms with Gasteiger partial charge in [-0.2, -0.15) is 5.26 Å². The van der Waals surface area contributed by atoms with E-state index in [9.17, 15) is 0 Å². The number of nitriles is 1. The molecule has 0 fully saturated rings. The second kappa shape index (κ2) is 10.7. The van der Waals surface area contributed by atoms with Gasteiger partial charge in [-0.3, -0.25) is 4.99 Å². The van der Waals surface area contributed by atoms with Crippen LogP contribution < -0.4 is 11.1 Å². The first-order valence-electron chi connectivity index (χ1n) is 9.00. The van der Waals surface area contributed by atoms with E-state index < -0.39 is 0 Å². The quantitative estimate of drug-likeness (QED) is 0.371. The second-order valence-electron chi connectivity index (χ2n) is 6.12. The molecule has 2 aromatic rings. The van der Waals surface area contributed by atoms with Crippen LogP contribution in [0.15, 0.2) is 66.2 Å². The van der Waals surface area contributed by atoms with E-state index in [1.807, 2.05) is 24.3 Å². The smallest absolute Gasteiger partial charge is 0.117 e. The van der Waals surface area contributed by atoms with Crippen LogP contribution in [-0.2, 0) is 0 Å². The Morgan fingerprint density at radius 2 is 1.62 bits per heavy atom. The highest BCUT2D eigenvalue weighted by molar-refractivity contribution is 5.90. The number of nitrogens with zero attached hydrogens (tertiary/aromatic N) is 2. The molecule has 26 heavy (non-hydrogen) atoms. The average Bonchev–Trinajstić information content (AvgIpc) is 2.70. The fourth-order valence-corrected chi connectivity index (χ4v) is 2.61. The van der Waals surface area contributed by atoms with Crippen LogP contribution in [0.5, 0.6) is 0 Å². The summed E-state index contributed by atoms with van der Waals surface area (Å²) < 4.78 is 0. The third-order valence-electron chi connectivity index (χ3n) is 4.15. The summed E-state index contributed by atoms with van der Waals surface area (Å²) in [7, 11) is 0. The largest absolute Gasteiger partial charge is 0.385 e. The molecule has 2 rings (SSSR count). The first kappa shape index (κ1) is 19.3. The van der Waals surface area contributed by atoms with Gasteiger partial charge in [0.15, 0.2) is 0 Å². The molecule has 0 radical (unpaired) electrons. The van der Waals surface area contributed by atoms with Crippen LogP contribution in [0, 0.1) is 11.3 Å². The zero-order valence-electron chi connectivity index (χ0n) is 15.1. The van der Waals surface area contributed by atoms with Crippen molar-refractivity contribution in [2.45, 2.75) is 25.7 Å². The van der Waals surface area contributed by atoms with E-state index in [1.165, 1.54) is 6.42 Å². The summed E-state index contributed by atoms with van der Waals surface area (Å²) >= 11 is 0. The second-order valence-corrected chi connectivity index (χ2v) is 6.12. The fraction of sp³-hybridized carbons (Fsp3) is 0.273. The summed E-state index contributed by atoms with van der Waals surface area (Å²) in [6, 6.07) is 18.2. The molecule has 0 saturated heterocycles. The molecule has 134 valence electrons. The maximum absolute atomic E-state index is 8.86. The molecule has 0 atom stereocenters. The summed E-state index contributed by atoms with van der Waals surface area (Å²) in [5.74, 6) is 0.524. The maximum atomic E-state index is 8.86. The number of aliphatic imine (C=N–C) groups is 1. The predicted octanol–water partition coefficient (Wildman–Crippen LogP) is 4.74. The molecule has 0 aliphatic heterocycles. The highest BCUT2D eigenvalue weighted by Crippen LogP contribution is 2.21. The number of benzene rings is 2. The van der Waals surface area contributed by atoms with Crippen LogP contribution >= 0.6 is 0 Å². The fourth-order valence-electron chi connectivity index (χ4n) is 2.61. The van der Waals surface area contributed by atoms with Gasteiger partial charge < -0.3 is 11.1 Å². The Morgan fingerprint density at radius 1 is 1.00 bits per heavy atom. The number of amidine groups is 1. The van der Waals surface area contributed by atoms with Crippen molar-refractivity contribution in [2.24, 2.45) is 10.7 Å². The molecule has 0 unspecified atom stereocenters. The summed E-state index contributed by atoms with van der Waals surface area (Å²) in [6.45, 7) is 5.33. The number of hydrogen-bond donors (Lipinski definition) is 2. The van der Waals surface area contributed by atoms with Gasteiger partial charge in [0.05, 0.1) is 11.6 Å². The zero-order valence-corrected chi connectivity index (χ0v) is 15.1. The number of anilines is 1. The zero-order chi connectivity index (χ0) is 18.6. The lowest BCUT2D eigenvalue weighted by molar-refractivity contribution is 0.662. The van der Waals surface area contributed by atoms with Gasteiger partial charge in [-0.05, 0) is 54.3 Å². The monoisotopic (exact) mass is 346 g/mol. The van der Waals surface area contributed by atoms with E-state index in [1.54, 1.807) is 6.08 Å². The summed E-state index contributed by atoms with van der Waals surface area (Å²) in [5.41, 5.74) is 9.66. The normalized spacial score (nSPS) is 11.0. The standard InChI is InChI=1S/C22H26N4/c1-2-22(24)26-16-6-4-3-5-15-25-21-13-11-20(12-14-21)19-9-7-18(17-23)8-10-19/h2,7-14,25H,1,3-6,15-16H2,(H2,24,26). The highest BCUT2D eigenvalue weighted by atomic mass is 14.9. The van der Waals surface area contributed by atoms with Crippen molar-refractivity contribution in [3.05, 3.63) is 66.7 Å². The van der Waals surface area contributed by atoms with Gasteiger partial charge in [0.2, 0.25) is 0 Å². The van der Waals surface area contributed by atoms with E-state index in [0.29, 0.717) is 11.4 Å². The lowest BCUT2D eigenvalue weighted by Crippen LogP contribution is -2.07. The summed E-state index contributed by atoms with van der Waals surface area (Å²) in [6.07, 6.45) is 6.12. The predicted molar refractivity (Wildman–Crippen MR) is 110 cm³/mol. The van der Waals surface area contributed by atoms with Crippen LogP contribution in [0.3, 0.4) is 0 Å². The number of hydrogen-bond acceptors (Lipinski definition) is 3. The molecule has 4 nitrogen and oxygen atoms in total. The number of rotatable bonds is 10. The van der Waals surface area contributed by atoms with Crippen LogP contribution in [0.25, 0.3) is 11.1 Å². The average molecular weight is 346 g/mol. The Morgan fingerprint density at radius 3 is 2.23 bits per heavy atom. The minimum atomic E-state index is 0.524. The van der Waals surface area contributed by atoms with Crippen molar-refractivity contribution in [1.82, 2.24) is 0 Å². The first-order chi connectivity index (χ1) is 12.7. The molecule has 0 amide bonds. The molecular weight excluding hydrogens is 320 g/mol. The van der Waals surface area contributed by atoms with E-state index in [4.69, 9.17) is 11.0 Å². The number of nitrogens with two attached hydrogens (primary N) is 1. The SMILES string of the molecule is C=CC(N)=NCCCCCCNc1ccc(-c2ccc(C#N)cc2)cc1. The van der Waals surface area contributed by atoms with Crippen molar-refractivity contribution in [1.29, 1.82) is 5.26 Å². The lowest BCUT2D eigenvalue weighted by Gasteiger charge is -2.08. The molecule has 0 aliphatic rings. The van der Waals surface area contributed by atoms with Gasteiger partial charge in [0.1, 0.15) is 5.84 Å². The third kappa shape index (κ3) is 6.45. The molecule has 4 heteroatoms. The van der Waals surface area contributed by atoms with E-state index in [0.717, 1.165) is 49.2 Å². The molecule has 0 aliphatic carbocycles. The van der Waals surface area contributed by atoms with Crippen LogP contribution in [0.1, 0.15) is 31.2 Å². The first-order valence-corrected chi connectivity index (χ1v) is 9.00. The van der Waals surface area contributed by atoms with Gasteiger partial charge in [0, 0.05) is 18.8 Å². The Bertz CT molecular complexity index is 752. The minimum Gasteiger partial charge on any atom is -0.385 e. The molecule has 2 aromatic carbocycles. The molecule has 0 aromatic heterocycles. The van der Waals surface area contributed by atoms with Gasteiger partial charge in [-0.25, -0.2) is 0 Å². The molecule has 0 bridgehead atoms. The molecule has 0 saturated carbocycles. The summed E-state index contributed by atoms with van der Waals surface area (Å²) in [4.78, 5) is 4.20. The molecule has 3 N–H and O–H groups in total. The van der Waals surface area contributed by atoms with Gasteiger partial charge in [0.25, 0.3) is 0 Å². The van der Waals surface area contributed by atoms with E-state index >= 15 is 0 Å². The van der Waals surface area contributed by atoms with Crippen molar-refractivity contribution in [2.75, 3.05) is 18.4 Å². The van der Waals surface area contributed by atoms with Crippen molar-refractivity contribution in [3.8, 4) is 17.2 Å². The van der Waals surface area contributed by atoms with Crippen molar-refractivity contribution in [3.63, 3.8) is 0 Å². The topological polar surface area (TPSA) is 74.2 Å². The van der Waals surface area contributed by atoms with Crippen LogP contribution in [0.2, 0.25) is 0 Å². The lowest BCUT2D eigenvalue weighted by atomic mass is 10.0. The third-order valence-corrected chi connectivity index (χ3v) is 4.15. The summed E-state index contributed by atoms with van der Waals surface area (Å²) in [5, 5.41) is 12.3. The van der Waals surface area contributed by atoms with Crippen molar-refractivity contribution >= 4 is 11.5 Å². The number of nitrogens with one attached hydrogen (secondary N) is 1. The highest BCUT2D eigenvalue weighted by Gasteiger charge is 1.99. The van der Waals surface area contributed by atoms with Crippen LogP contribution in [-0.4, -0.2) is 18.9 Å². The molecular formula is C22H26N4. The van der Waals surface area contributed by atoms with E-state index in [2.05, 4.69) is 47.2 Å². The van der Waals surface area contributed by atoms with Gasteiger partial charge in [-0.15, -0.1) is 0 Å². The van der Waals surface area contributed by atoms with Gasteiger partial charge >= 0.3 is 0 Å². The van der Waals surface area contributed by atoms with Crippen LogP contribution in [0.4, 0.5) is 5.69 Å². The molecule has 0 heterocycles. The Labute approximate surface area is 156 Å². The molecule has 0 spiro atoms. The Balaban J connectivity index is 1.67. The van der Waals surface area contributed by atoms with Gasteiger partial charge in [-0.1, -0.05) is 43.7 Å².